The van der Waals surface area contributed by atoms with E-state index in [1.165, 1.54) is 12.0 Å². The van der Waals surface area contributed by atoms with Gasteiger partial charge in [-0.25, -0.2) is 9.97 Å². The molecular weight excluding hydrogens is 326 g/mol. The Bertz CT molecular complexity index is 737. The molecule has 0 bridgehead atoms. The van der Waals surface area contributed by atoms with Gasteiger partial charge in [0.05, 0.1) is 6.61 Å². The number of aromatic nitrogens is 3. The fourth-order valence-corrected chi connectivity index (χ4v) is 3.78. The number of nitrogens with zero attached hydrogens (tertiary/aromatic N) is 5. The molecule has 0 aliphatic carbocycles. The number of piperazine rings is 1. The van der Waals surface area contributed by atoms with Crippen molar-refractivity contribution in [3.63, 3.8) is 0 Å². The predicted octanol–water partition coefficient (Wildman–Crippen LogP) is 2.31. The first-order valence-electron chi connectivity index (χ1n) is 9.51. The van der Waals surface area contributed by atoms with Gasteiger partial charge in [-0.3, -0.25) is 9.88 Å². The molecular formula is C20H27N5O. The molecule has 0 aromatic carbocycles. The molecule has 2 aromatic heterocycles. The van der Waals surface area contributed by atoms with Crippen molar-refractivity contribution in [3.8, 4) is 11.4 Å². The summed E-state index contributed by atoms with van der Waals surface area (Å²) in [6.07, 6.45) is 4.81. The molecule has 2 saturated heterocycles. The van der Waals surface area contributed by atoms with Crippen LogP contribution in [0.25, 0.3) is 11.4 Å². The van der Waals surface area contributed by atoms with Gasteiger partial charge < -0.3 is 9.64 Å². The molecule has 4 rings (SSSR count). The number of pyridine rings is 1. The zero-order chi connectivity index (χ0) is 17.9. The molecule has 1 atom stereocenters. The minimum absolute atomic E-state index is 0.710. The monoisotopic (exact) mass is 353 g/mol. The van der Waals surface area contributed by atoms with Crippen LogP contribution in [0.15, 0.2) is 24.5 Å². The highest BCUT2D eigenvalue weighted by molar-refractivity contribution is 5.59. The number of anilines is 1. The third-order valence-corrected chi connectivity index (χ3v) is 5.50. The molecule has 2 fully saturated rings. The number of hydrogen-bond acceptors (Lipinski definition) is 6. The molecule has 138 valence electrons. The summed E-state index contributed by atoms with van der Waals surface area (Å²) in [4.78, 5) is 18.8. The molecule has 0 amide bonds. The molecule has 2 aliphatic rings. The van der Waals surface area contributed by atoms with Crippen molar-refractivity contribution in [1.82, 2.24) is 19.9 Å². The average Bonchev–Trinajstić information content (AvgIpc) is 3.18. The van der Waals surface area contributed by atoms with Crippen molar-refractivity contribution in [1.29, 1.82) is 0 Å². The Morgan fingerprint density at radius 1 is 1.15 bits per heavy atom. The van der Waals surface area contributed by atoms with Gasteiger partial charge in [0.1, 0.15) is 5.82 Å². The normalized spacial score (nSPS) is 21.3. The summed E-state index contributed by atoms with van der Waals surface area (Å²) < 4.78 is 5.51. The quantitative estimate of drug-likeness (QED) is 0.841. The molecule has 0 radical (unpaired) electrons. The minimum atomic E-state index is 0.710. The molecule has 0 saturated carbocycles. The maximum atomic E-state index is 5.51. The first-order valence-corrected chi connectivity index (χ1v) is 9.51. The van der Waals surface area contributed by atoms with Crippen LogP contribution in [0.3, 0.4) is 0 Å². The van der Waals surface area contributed by atoms with Gasteiger partial charge in [-0.2, -0.15) is 0 Å². The lowest BCUT2D eigenvalue weighted by Crippen LogP contribution is -2.48. The van der Waals surface area contributed by atoms with Gasteiger partial charge in [0, 0.05) is 68.5 Å². The SMILES string of the molecule is Cc1nc(-c2cccnc2)nc(N2CCN(CC3CCOC3)CC2)c1C. The van der Waals surface area contributed by atoms with Crippen LogP contribution in [0.4, 0.5) is 5.82 Å². The summed E-state index contributed by atoms with van der Waals surface area (Å²) in [6.45, 7) is 11.4. The zero-order valence-corrected chi connectivity index (χ0v) is 15.7. The Morgan fingerprint density at radius 2 is 2.00 bits per heavy atom. The predicted molar refractivity (Wildman–Crippen MR) is 102 cm³/mol. The van der Waals surface area contributed by atoms with Crippen LogP contribution in [-0.4, -0.2) is 65.8 Å². The van der Waals surface area contributed by atoms with Gasteiger partial charge in [0.25, 0.3) is 0 Å². The lowest BCUT2D eigenvalue weighted by atomic mass is 10.1. The van der Waals surface area contributed by atoms with Crippen LogP contribution in [0.2, 0.25) is 0 Å². The van der Waals surface area contributed by atoms with Gasteiger partial charge in [-0.05, 0) is 38.3 Å². The van der Waals surface area contributed by atoms with Crippen LogP contribution < -0.4 is 4.90 Å². The summed E-state index contributed by atoms with van der Waals surface area (Å²) in [5, 5.41) is 0. The first kappa shape index (κ1) is 17.4. The molecule has 6 nitrogen and oxygen atoms in total. The largest absolute Gasteiger partial charge is 0.381 e. The lowest BCUT2D eigenvalue weighted by Gasteiger charge is -2.37. The Kier molecular flexibility index (Phi) is 5.13. The van der Waals surface area contributed by atoms with Crippen molar-refractivity contribution in [2.24, 2.45) is 5.92 Å². The molecule has 6 heteroatoms. The van der Waals surface area contributed by atoms with Crippen LogP contribution >= 0.6 is 0 Å². The summed E-state index contributed by atoms with van der Waals surface area (Å²) in [6, 6.07) is 3.95. The highest BCUT2D eigenvalue weighted by atomic mass is 16.5. The number of rotatable bonds is 4. The molecule has 1 unspecified atom stereocenters. The second kappa shape index (κ2) is 7.68. The summed E-state index contributed by atoms with van der Waals surface area (Å²) in [5.41, 5.74) is 3.19. The van der Waals surface area contributed by atoms with E-state index in [1.807, 2.05) is 18.3 Å². The van der Waals surface area contributed by atoms with Crippen molar-refractivity contribution in [2.75, 3.05) is 50.8 Å². The summed E-state index contributed by atoms with van der Waals surface area (Å²) in [7, 11) is 0. The molecule has 0 N–H and O–H groups in total. The second-order valence-electron chi connectivity index (χ2n) is 7.34. The highest BCUT2D eigenvalue weighted by Crippen LogP contribution is 2.25. The topological polar surface area (TPSA) is 54.4 Å². The van der Waals surface area contributed by atoms with E-state index in [1.54, 1.807) is 6.20 Å². The maximum Gasteiger partial charge on any atom is 0.163 e. The maximum absolute atomic E-state index is 5.51. The van der Waals surface area contributed by atoms with E-state index in [-0.39, 0.29) is 0 Å². The van der Waals surface area contributed by atoms with Gasteiger partial charge in [0.15, 0.2) is 5.82 Å². The van der Waals surface area contributed by atoms with Gasteiger partial charge in [0.2, 0.25) is 0 Å². The first-order chi connectivity index (χ1) is 12.7. The van der Waals surface area contributed by atoms with Crippen molar-refractivity contribution in [3.05, 3.63) is 35.8 Å². The molecule has 2 aromatic rings. The van der Waals surface area contributed by atoms with Crippen molar-refractivity contribution >= 4 is 5.82 Å². The average molecular weight is 353 g/mol. The Morgan fingerprint density at radius 3 is 2.69 bits per heavy atom. The van der Waals surface area contributed by atoms with E-state index in [4.69, 9.17) is 9.72 Å². The Hall–Kier alpha value is -2.05. The number of aryl methyl sites for hydroxylation is 1. The van der Waals surface area contributed by atoms with E-state index in [9.17, 15) is 0 Å². The van der Waals surface area contributed by atoms with Crippen molar-refractivity contribution in [2.45, 2.75) is 20.3 Å². The zero-order valence-electron chi connectivity index (χ0n) is 15.7. The summed E-state index contributed by atoms with van der Waals surface area (Å²) in [5.74, 6) is 2.55. The van der Waals surface area contributed by atoms with E-state index >= 15 is 0 Å². The van der Waals surface area contributed by atoms with E-state index < -0.39 is 0 Å². The fourth-order valence-electron chi connectivity index (χ4n) is 3.78. The number of ether oxygens (including phenoxy) is 1. The highest BCUT2D eigenvalue weighted by Gasteiger charge is 2.24. The van der Waals surface area contributed by atoms with Crippen LogP contribution in [-0.2, 0) is 4.74 Å². The number of hydrogen-bond donors (Lipinski definition) is 0. The Balaban J connectivity index is 1.48. The third-order valence-electron chi connectivity index (χ3n) is 5.50. The molecule has 4 heterocycles. The van der Waals surface area contributed by atoms with Crippen molar-refractivity contribution < 1.29 is 4.74 Å². The Labute approximate surface area is 155 Å². The lowest BCUT2D eigenvalue weighted by molar-refractivity contribution is 0.164. The fraction of sp³-hybridized carbons (Fsp3) is 0.550. The third kappa shape index (κ3) is 3.71. The van der Waals surface area contributed by atoms with Crippen LogP contribution in [0.5, 0.6) is 0 Å². The minimum Gasteiger partial charge on any atom is -0.381 e. The van der Waals surface area contributed by atoms with Gasteiger partial charge >= 0.3 is 0 Å². The van der Waals surface area contributed by atoms with E-state index in [0.29, 0.717) is 5.92 Å². The van der Waals surface area contributed by atoms with Gasteiger partial charge in [-0.1, -0.05) is 0 Å². The molecule has 2 aliphatic heterocycles. The van der Waals surface area contributed by atoms with Crippen LogP contribution in [0, 0.1) is 19.8 Å². The van der Waals surface area contributed by atoms with Gasteiger partial charge in [-0.15, -0.1) is 0 Å². The van der Waals surface area contributed by atoms with E-state index in [0.717, 1.165) is 68.8 Å². The smallest absolute Gasteiger partial charge is 0.163 e. The summed E-state index contributed by atoms with van der Waals surface area (Å²) >= 11 is 0. The van der Waals surface area contributed by atoms with E-state index in [2.05, 4.69) is 33.6 Å². The molecule has 0 spiro atoms. The molecule has 26 heavy (non-hydrogen) atoms. The van der Waals surface area contributed by atoms with Crippen LogP contribution in [0.1, 0.15) is 17.7 Å². The standard InChI is InChI=1S/C20H27N5O/c1-15-16(2)22-19(18-4-3-6-21-12-18)23-20(15)25-9-7-24(8-10-25)13-17-5-11-26-14-17/h3-4,6,12,17H,5,7-11,13-14H2,1-2H3. The second-order valence-corrected chi connectivity index (χ2v) is 7.34.